The molecule has 0 saturated heterocycles. The largest absolute Gasteiger partial charge is 0.491 e. The second-order valence-electron chi connectivity index (χ2n) is 12.5. The van der Waals surface area contributed by atoms with Crippen LogP contribution in [0.5, 0.6) is 11.5 Å². The van der Waals surface area contributed by atoms with Crippen molar-refractivity contribution in [2.75, 3.05) is 26.6 Å². The van der Waals surface area contributed by atoms with Crippen LogP contribution in [0.4, 0.5) is 17.6 Å². The Morgan fingerprint density at radius 3 is 1.17 bits per heavy atom. The zero-order chi connectivity index (χ0) is 44.3. The average molecular weight is 879 g/mol. The Labute approximate surface area is 345 Å². The molecule has 0 aliphatic heterocycles. The van der Waals surface area contributed by atoms with Crippen LogP contribution in [0.15, 0.2) is 144 Å². The van der Waals surface area contributed by atoms with Gasteiger partial charge in [0.15, 0.2) is 0 Å². The number of hydrogen-bond acceptors (Lipinski definition) is 10. The summed E-state index contributed by atoms with van der Waals surface area (Å²) in [6.07, 6.45) is -1.29. The van der Waals surface area contributed by atoms with E-state index in [0.717, 1.165) is 8.61 Å². The van der Waals surface area contributed by atoms with E-state index in [-0.39, 0.29) is 47.6 Å². The topological polar surface area (TPSA) is 192 Å². The van der Waals surface area contributed by atoms with Crippen molar-refractivity contribution in [3.05, 3.63) is 145 Å². The van der Waals surface area contributed by atoms with Crippen LogP contribution >= 0.6 is 0 Å². The number of nitrogens with one attached hydrogen (secondary N) is 2. The molecule has 4 aromatic carbocycles. The maximum Gasteiger partial charge on any atom is 0.262 e. The van der Waals surface area contributed by atoms with Crippen molar-refractivity contribution in [2.24, 2.45) is 0 Å². The van der Waals surface area contributed by atoms with E-state index in [1.54, 1.807) is 60.7 Å². The van der Waals surface area contributed by atoms with Crippen LogP contribution in [0.3, 0.4) is 0 Å². The number of nitrogens with zero attached hydrogens (tertiary/aromatic N) is 2. The number of hydroxylamine groups is 2. The predicted molar refractivity (Wildman–Crippen MR) is 211 cm³/mol. The molecular formula is C40H44F4N4O10S2. The molecule has 0 fully saturated rings. The van der Waals surface area contributed by atoms with Crippen molar-refractivity contribution in [2.45, 2.75) is 47.8 Å². The SMILES string of the molecule is C=C(F)C[C@@H](C(=O)NO)N(Cc1ccccc1)S(=O)(=O)c1ccc(OCC[18F])cc1.C=C(F)C[C@H](C(=O)NO)N(Cc1ccccc1)S(=O)(=O)c1ccc(OCC[18F])cc1. The first-order valence-corrected chi connectivity index (χ1v) is 20.7. The lowest BCUT2D eigenvalue weighted by molar-refractivity contribution is -0.134. The van der Waals surface area contributed by atoms with E-state index in [4.69, 9.17) is 19.9 Å². The van der Waals surface area contributed by atoms with E-state index in [1.165, 1.54) is 59.5 Å². The van der Waals surface area contributed by atoms with E-state index in [9.17, 15) is 44.0 Å². The van der Waals surface area contributed by atoms with Crippen LogP contribution in [0.1, 0.15) is 24.0 Å². The second kappa shape index (κ2) is 23.8. The normalized spacial score (nSPS) is 12.4. The number of rotatable bonds is 22. The summed E-state index contributed by atoms with van der Waals surface area (Å²) < 4.78 is 117. The molecule has 4 rings (SSSR count). The lowest BCUT2D eigenvalue weighted by atomic mass is 10.1. The monoisotopic (exact) mass is 878 g/mol. The van der Waals surface area contributed by atoms with Gasteiger partial charge in [-0.2, -0.15) is 8.61 Å². The molecule has 0 saturated carbocycles. The van der Waals surface area contributed by atoms with Crippen molar-refractivity contribution in [1.29, 1.82) is 0 Å². The molecule has 0 radical (unpaired) electrons. The predicted octanol–water partition coefficient (Wildman–Crippen LogP) is 5.95. The second-order valence-corrected chi connectivity index (χ2v) is 16.3. The minimum absolute atomic E-state index is 0.177. The zero-order valence-corrected chi connectivity index (χ0v) is 33.6. The number of sulfonamides is 2. The maximum atomic E-state index is 13.6. The fourth-order valence-corrected chi connectivity index (χ4v) is 8.62. The molecular weight excluding hydrogens is 835 g/mol. The minimum Gasteiger partial charge on any atom is -0.491 e. The first kappa shape index (κ1) is 48.7. The summed E-state index contributed by atoms with van der Waals surface area (Å²) in [7, 11) is -8.62. The third kappa shape index (κ3) is 14.3. The van der Waals surface area contributed by atoms with Gasteiger partial charge in [-0.1, -0.05) is 73.8 Å². The summed E-state index contributed by atoms with van der Waals surface area (Å²) in [4.78, 5) is 24.0. The Hall–Kier alpha value is -5.64. The molecule has 0 aliphatic rings. The Balaban J connectivity index is 0.000000320. The number of ether oxygens (including phenoxy) is 2. The third-order valence-electron chi connectivity index (χ3n) is 8.27. The lowest BCUT2D eigenvalue weighted by Gasteiger charge is -2.29. The zero-order valence-electron chi connectivity index (χ0n) is 32.0. The van der Waals surface area contributed by atoms with Crippen molar-refractivity contribution >= 4 is 31.9 Å². The van der Waals surface area contributed by atoms with E-state index >= 15 is 0 Å². The highest BCUT2D eigenvalue weighted by Crippen LogP contribution is 2.28. The number of benzene rings is 4. The van der Waals surface area contributed by atoms with Gasteiger partial charge in [-0.15, -0.1) is 0 Å². The smallest absolute Gasteiger partial charge is 0.262 e. The summed E-state index contributed by atoms with van der Waals surface area (Å²) >= 11 is 0. The van der Waals surface area contributed by atoms with E-state index < -0.39 is 81.8 Å². The highest BCUT2D eigenvalue weighted by Gasteiger charge is 2.38. The van der Waals surface area contributed by atoms with Crippen molar-refractivity contribution < 1.29 is 63.9 Å². The third-order valence-corrected chi connectivity index (χ3v) is 12.0. The van der Waals surface area contributed by atoms with Gasteiger partial charge in [0.25, 0.3) is 11.8 Å². The van der Waals surface area contributed by atoms with E-state index in [1.807, 2.05) is 0 Å². The average Bonchev–Trinajstić information content (AvgIpc) is 3.25. The Kier molecular flexibility index (Phi) is 19.3. The van der Waals surface area contributed by atoms with Crippen LogP contribution in [0.25, 0.3) is 0 Å². The van der Waals surface area contributed by atoms with Gasteiger partial charge in [-0.3, -0.25) is 20.0 Å². The first-order valence-electron chi connectivity index (χ1n) is 17.8. The summed E-state index contributed by atoms with van der Waals surface area (Å²) in [5, 5.41) is 18.1. The molecule has 324 valence electrons. The molecule has 2 amide bonds. The highest BCUT2D eigenvalue weighted by molar-refractivity contribution is 7.89. The van der Waals surface area contributed by atoms with Gasteiger partial charge in [-0.25, -0.2) is 45.4 Å². The van der Waals surface area contributed by atoms with Gasteiger partial charge in [0.2, 0.25) is 20.0 Å². The van der Waals surface area contributed by atoms with Crippen LogP contribution in [0.2, 0.25) is 0 Å². The quantitative estimate of drug-likeness (QED) is 0.0417. The van der Waals surface area contributed by atoms with Crippen LogP contribution in [0, 0.1) is 0 Å². The molecule has 0 unspecified atom stereocenters. The minimum atomic E-state index is -4.31. The van der Waals surface area contributed by atoms with Gasteiger partial charge in [-0.05, 0) is 59.7 Å². The van der Waals surface area contributed by atoms with Crippen molar-refractivity contribution in [3.8, 4) is 11.5 Å². The van der Waals surface area contributed by atoms with Crippen molar-refractivity contribution in [3.63, 3.8) is 0 Å². The molecule has 0 bridgehead atoms. The summed E-state index contributed by atoms with van der Waals surface area (Å²) in [6, 6.07) is 24.0. The fourth-order valence-electron chi connectivity index (χ4n) is 5.47. The molecule has 60 heavy (non-hydrogen) atoms. The van der Waals surface area contributed by atoms with Crippen LogP contribution in [-0.4, -0.2) is 86.3 Å². The molecule has 2 atom stereocenters. The van der Waals surface area contributed by atoms with Gasteiger partial charge in [0, 0.05) is 25.9 Å². The molecule has 4 N–H and O–H groups in total. The molecule has 0 spiro atoms. The first-order chi connectivity index (χ1) is 28.6. The van der Waals surface area contributed by atoms with Gasteiger partial charge < -0.3 is 9.47 Å². The number of alkyl halides is 2. The molecule has 0 heterocycles. The molecule has 14 nitrogen and oxygen atoms in total. The maximum absolute atomic E-state index is 13.6. The van der Waals surface area contributed by atoms with E-state index in [0.29, 0.717) is 11.1 Å². The number of halogens is 4. The Bertz CT molecular complexity index is 2060. The van der Waals surface area contributed by atoms with Crippen LogP contribution < -0.4 is 20.4 Å². The number of hydrogen-bond donors (Lipinski definition) is 4. The van der Waals surface area contributed by atoms with Gasteiger partial charge >= 0.3 is 0 Å². The molecule has 20 heteroatoms. The van der Waals surface area contributed by atoms with E-state index in [2.05, 4.69) is 13.2 Å². The molecule has 0 aliphatic carbocycles. The number of amides is 2. The summed E-state index contributed by atoms with van der Waals surface area (Å²) in [6.45, 7) is 3.94. The highest BCUT2D eigenvalue weighted by atomic mass is 32.2. The number of carbonyl (C=O) groups is 2. The Morgan fingerprint density at radius 1 is 0.583 bits per heavy atom. The van der Waals surface area contributed by atoms with Crippen LogP contribution in [-0.2, 0) is 42.7 Å². The van der Waals surface area contributed by atoms with Gasteiger partial charge in [0.1, 0.15) is 50.1 Å². The lowest BCUT2D eigenvalue weighted by Crippen LogP contribution is -2.48. The summed E-state index contributed by atoms with van der Waals surface area (Å²) in [5.41, 5.74) is 3.86. The Morgan fingerprint density at radius 2 is 0.900 bits per heavy atom. The standard InChI is InChI=1S/2C20H22F2N2O5S/c2*1-15(22)13-19(20(25)23-26)24(14-16-5-3-2-4-6-16)30(27,28)18-9-7-17(8-10-18)29-12-11-21/h2*2-10,19,26H,1,11-14H2,(H,23,25)/t2*19-/m10/s1/i2*21-1. The molecule has 0 aromatic heterocycles. The summed E-state index contributed by atoms with van der Waals surface area (Å²) in [5.74, 6) is -3.52. The fraction of sp³-hybridized carbons (Fsp3) is 0.250. The molecule has 4 aromatic rings. The number of carbonyl (C=O) groups excluding carboxylic acids is 2. The van der Waals surface area contributed by atoms with Gasteiger partial charge in [0.05, 0.1) is 21.4 Å². The van der Waals surface area contributed by atoms with Crippen molar-refractivity contribution in [1.82, 2.24) is 19.6 Å².